The molecule has 3 amide bonds. The zero-order chi connectivity index (χ0) is 22.0. The average Bonchev–Trinajstić information content (AvgIpc) is 3.08. The lowest BCUT2D eigenvalue weighted by Crippen LogP contribution is -2.47. The number of hydrogen-bond acceptors (Lipinski definition) is 7. The first-order valence-electron chi connectivity index (χ1n) is 10.4. The van der Waals surface area contributed by atoms with Crippen molar-refractivity contribution in [2.45, 2.75) is 37.2 Å². The van der Waals surface area contributed by atoms with Gasteiger partial charge < -0.3 is 19.9 Å². The molecule has 10 nitrogen and oxygen atoms in total. The van der Waals surface area contributed by atoms with Gasteiger partial charge in [-0.15, -0.1) is 0 Å². The number of nitrogens with zero attached hydrogens (tertiary/aromatic N) is 2. The second-order valence-corrected chi connectivity index (χ2v) is 8.07. The number of piperidine rings is 1. The largest absolute Gasteiger partial charge is 0.482 e. The van der Waals surface area contributed by atoms with Crippen LogP contribution in [-0.2, 0) is 26.2 Å². The highest BCUT2D eigenvalue weighted by Gasteiger charge is 2.32. The molecule has 1 aromatic carbocycles. The van der Waals surface area contributed by atoms with Crippen LogP contribution in [0.25, 0.3) is 10.9 Å². The maximum Gasteiger partial charge on any atom is 0.258 e. The summed E-state index contributed by atoms with van der Waals surface area (Å²) in [5, 5.41) is 20.8. The Bertz CT molecular complexity index is 1010. The van der Waals surface area contributed by atoms with E-state index in [1.165, 1.54) is 0 Å². The molecule has 2 fully saturated rings. The molecule has 0 radical (unpaired) electrons. The fourth-order valence-corrected chi connectivity index (χ4v) is 4.04. The Labute approximate surface area is 178 Å². The molecule has 2 aromatic rings. The third kappa shape index (κ3) is 4.54. The predicted octanol–water partition coefficient (Wildman–Crippen LogP) is 0.130. The standard InChI is InChI=1S/C21H26N4O6/c1-25-19-13(18(24-25)14-5-6-16(26)23-20(14)28)3-2-4-15(19)31-11-17(27)22-12-21(29)7-9-30-10-8-21/h2-4,14,29H,5-12H2,1H3,(H,22,27)(H,23,26,28). The van der Waals surface area contributed by atoms with Gasteiger partial charge in [0.1, 0.15) is 11.3 Å². The molecule has 4 rings (SSSR count). The van der Waals surface area contributed by atoms with Crippen molar-refractivity contribution in [1.29, 1.82) is 0 Å². The van der Waals surface area contributed by atoms with E-state index in [1.54, 1.807) is 23.9 Å². The molecule has 3 N–H and O–H groups in total. The Kier molecular flexibility index (Phi) is 5.92. The summed E-state index contributed by atoms with van der Waals surface area (Å²) in [5.74, 6) is -1.02. The number of hydrogen-bond donors (Lipinski definition) is 3. The van der Waals surface area contributed by atoms with Crippen molar-refractivity contribution >= 4 is 28.6 Å². The number of carbonyl (C=O) groups excluding carboxylic acids is 3. The maximum absolute atomic E-state index is 12.3. The lowest BCUT2D eigenvalue weighted by molar-refractivity contribution is -0.134. The van der Waals surface area contributed by atoms with Crippen LogP contribution in [0.1, 0.15) is 37.3 Å². The lowest BCUT2D eigenvalue weighted by Gasteiger charge is -2.32. The molecule has 0 bridgehead atoms. The zero-order valence-corrected chi connectivity index (χ0v) is 17.3. The summed E-state index contributed by atoms with van der Waals surface area (Å²) < 4.78 is 12.6. The average molecular weight is 430 g/mol. The first-order valence-corrected chi connectivity index (χ1v) is 10.4. The summed E-state index contributed by atoms with van der Waals surface area (Å²) in [6, 6.07) is 5.35. The Morgan fingerprint density at radius 2 is 2.16 bits per heavy atom. The topological polar surface area (TPSA) is 132 Å². The van der Waals surface area contributed by atoms with Crippen molar-refractivity contribution in [2.75, 3.05) is 26.4 Å². The molecule has 0 saturated carbocycles. The zero-order valence-electron chi connectivity index (χ0n) is 17.3. The van der Waals surface area contributed by atoms with Crippen LogP contribution in [0.15, 0.2) is 18.2 Å². The van der Waals surface area contributed by atoms with Crippen molar-refractivity contribution in [3.8, 4) is 5.75 Å². The molecule has 2 saturated heterocycles. The number of benzene rings is 1. The minimum Gasteiger partial charge on any atom is -0.482 e. The van der Waals surface area contributed by atoms with Gasteiger partial charge in [0, 0.05) is 51.5 Å². The second kappa shape index (κ2) is 8.64. The molecule has 31 heavy (non-hydrogen) atoms. The van der Waals surface area contributed by atoms with Gasteiger partial charge in [0.2, 0.25) is 11.8 Å². The molecule has 1 atom stereocenters. The molecule has 10 heteroatoms. The Hall–Kier alpha value is -2.98. The number of imide groups is 1. The Morgan fingerprint density at radius 1 is 1.39 bits per heavy atom. The van der Waals surface area contributed by atoms with Crippen molar-refractivity contribution < 1.29 is 29.0 Å². The lowest BCUT2D eigenvalue weighted by atomic mass is 9.93. The number of fused-ring (bicyclic) bond motifs is 1. The van der Waals surface area contributed by atoms with Crippen molar-refractivity contribution in [3.05, 3.63) is 23.9 Å². The number of nitrogens with one attached hydrogen (secondary N) is 2. The molecule has 1 aromatic heterocycles. The van der Waals surface area contributed by atoms with Crippen LogP contribution >= 0.6 is 0 Å². The molecule has 2 aliphatic rings. The van der Waals surface area contributed by atoms with E-state index in [1.807, 2.05) is 6.07 Å². The van der Waals surface area contributed by atoms with Crippen molar-refractivity contribution in [1.82, 2.24) is 20.4 Å². The first-order chi connectivity index (χ1) is 14.9. The van der Waals surface area contributed by atoms with E-state index in [4.69, 9.17) is 9.47 Å². The number of aliphatic hydroxyl groups is 1. The van der Waals surface area contributed by atoms with Gasteiger partial charge in [0.25, 0.3) is 5.91 Å². The van der Waals surface area contributed by atoms with Gasteiger partial charge in [-0.2, -0.15) is 5.10 Å². The second-order valence-electron chi connectivity index (χ2n) is 8.07. The molecule has 1 unspecified atom stereocenters. The predicted molar refractivity (Wildman–Crippen MR) is 109 cm³/mol. The number of aromatic nitrogens is 2. The summed E-state index contributed by atoms with van der Waals surface area (Å²) >= 11 is 0. The van der Waals surface area contributed by atoms with E-state index in [0.29, 0.717) is 49.4 Å². The normalized spacial score (nSPS) is 21.0. The van der Waals surface area contributed by atoms with E-state index >= 15 is 0 Å². The van der Waals surface area contributed by atoms with Crippen LogP contribution in [0, 0.1) is 0 Å². The summed E-state index contributed by atoms with van der Waals surface area (Å²) in [6.45, 7) is 0.875. The summed E-state index contributed by atoms with van der Waals surface area (Å²) in [4.78, 5) is 36.0. The smallest absolute Gasteiger partial charge is 0.258 e. The number of aryl methyl sites for hydroxylation is 1. The Balaban J connectivity index is 1.45. The highest BCUT2D eigenvalue weighted by molar-refractivity contribution is 6.03. The number of ether oxygens (including phenoxy) is 2. The monoisotopic (exact) mass is 430 g/mol. The third-order valence-corrected chi connectivity index (χ3v) is 5.82. The number of carbonyl (C=O) groups is 3. The fraction of sp³-hybridized carbons (Fsp3) is 0.524. The molecule has 166 valence electrons. The number of amides is 3. The third-order valence-electron chi connectivity index (χ3n) is 5.82. The minimum absolute atomic E-state index is 0.147. The molecule has 2 aliphatic heterocycles. The van der Waals surface area contributed by atoms with Gasteiger partial charge in [-0.05, 0) is 12.5 Å². The van der Waals surface area contributed by atoms with Crippen LogP contribution < -0.4 is 15.4 Å². The van der Waals surface area contributed by atoms with E-state index < -0.39 is 11.5 Å². The maximum atomic E-state index is 12.3. The van der Waals surface area contributed by atoms with Gasteiger partial charge in [-0.25, -0.2) is 0 Å². The van der Waals surface area contributed by atoms with E-state index in [2.05, 4.69) is 15.7 Å². The summed E-state index contributed by atoms with van der Waals surface area (Å²) in [7, 11) is 1.74. The van der Waals surface area contributed by atoms with E-state index in [-0.39, 0.29) is 37.3 Å². The van der Waals surface area contributed by atoms with E-state index in [0.717, 1.165) is 5.39 Å². The quantitative estimate of drug-likeness (QED) is 0.555. The van der Waals surface area contributed by atoms with Crippen molar-refractivity contribution in [3.63, 3.8) is 0 Å². The fourth-order valence-electron chi connectivity index (χ4n) is 4.04. The van der Waals surface area contributed by atoms with Crippen molar-refractivity contribution in [2.24, 2.45) is 7.05 Å². The summed E-state index contributed by atoms with van der Waals surface area (Å²) in [5.41, 5.74) is 0.296. The van der Waals surface area contributed by atoms with Gasteiger partial charge in [0.15, 0.2) is 6.61 Å². The molecular weight excluding hydrogens is 404 g/mol. The molecular formula is C21H26N4O6. The van der Waals surface area contributed by atoms with E-state index in [9.17, 15) is 19.5 Å². The van der Waals surface area contributed by atoms with Gasteiger partial charge >= 0.3 is 0 Å². The molecule has 3 heterocycles. The van der Waals surface area contributed by atoms with Gasteiger partial charge in [0.05, 0.1) is 17.2 Å². The first kappa shape index (κ1) is 21.3. The van der Waals surface area contributed by atoms with Gasteiger partial charge in [-0.1, -0.05) is 12.1 Å². The highest BCUT2D eigenvalue weighted by Crippen LogP contribution is 2.34. The minimum atomic E-state index is -0.952. The molecule has 0 spiro atoms. The number of para-hydroxylation sites is 1. The van der Waals surface area contributed by atoms with Crippen LogP contribution in [0.3, 0.4) is 0 Å². The highest BCUT2D eigenvalue weighted by atomic mass is 16.5. The van der Waals surface area contributed by atoms with Gasteiger partial charge in [-0.3, -0.25) is 24.4 Å². The van der Waals surface area contributed by atoms with Crippen LogP contribution in [0.5, 0.6) is 5.75 Å². The van der Waals surface area contributed by atoms with Crippen LogP contribution in [0.2, 0.25) is 0 Å². The summed E-state index contributed by atoms with van der Waals surface area (Å²) in [6.07, 6.45) is 1.62. The molecule has 0 aliphatic carbocycles. The Morgan fingerprint density at radius 3 is 2.90 bits per heavy atom. The van der Waals surface area contributed by atoms with Crippen LogP contribution in [0.4, 0.5) is 0 Å². The van der Waals surface area contributed by atoms with Crippen LogP contribution in [-0.4, -0.2) is 64.6 Å². The SMILES string of the molecule is Cn1nc(C2CCC(=O)NC2=O)c2cccc(OCC(=O)NCC3(O)CCOCC3)c21. The number of rotatable bonds is 6.